The van der Waals surface area contributed by atoms with Crippen molar-refractivity contribution in [1.82, 2.24) is 4.90 Å². The number of aromatic carboxylic acids is 1. The molecule has 1 amide bonds. The second-order valence-electron chi connectivity index (χ2n) is 5.80. The quantitative estimate of drug-likeness (QED) is 0.704. The summed E-state index contributed by atoms with van der Waals surface area (Å²) in [6.07, 6.45) is 2.12. The fraction of sp³-hybridized carbons (Fsp3) is 0.368. The van der Waals surface area contributed by atoms with Crippen molar-refractivity contribution < 1.29 is 14.7 Å². The Morgan fingerprint density at radius 2 is 1.92 bits per heavy atom. The monoisotopic (exact) mass is 360 g/mol. The summed E-state index contributed by atoms with van der Waals surface area (Å²) in [6, 6.07) is 9.34. The topological polar surface area (TPSA) is 69.6 Å². The highest BCUT2D eigenvalue weighted by molar-refractivity contribution is 7.15. The SMILES string of the molecule is CCCCN(CC)CC(=O)Nc1scc(-c2ccccc2)c1C(=O)O. The van der Waals surface area contributed by atoms with Gasteiger partial charge < -0.3 is 10.4 Å². The predicted molar refractivity (Wildman–Crippen MR) is 102 cm³/mol. The van der Waals surface area contributed by atoms with Crippen molar-refractivity contribution in [2.24, 2.45) is 0 Å². The van der Waals surface area contributed by atoms with Crippen molar-refractivity contribution >= 4 is 28.2 Å². The van der Waals surface area contributed by atoms with E-state index in [0.29, 0.717) is 10.6 Å². The number of anilines is 1. The molecule has 2 rings (SSSR count). The summed E-state index contributed by atoms with van der Waals surface area (Å²) in [7, 11) is 0. The van der Waals surface area contributed by atoms with Gasteiger partial charge in [-0.05, 0) is 25.1 Å². The van der Waals surface area contributed by atoms with E-state index in [0.717, 1.165) is 31.5 Å². The molecule has 1 aromatic heterocycles. The Labute approximate surface area is 152 Å². The zero-order chi connectivity index (χ0) is 18.2. The van der Waals surface area contributed by atoms with E-state index in [9.17, 15) is 14.7 Å². The van der Waals surface area contributed by atoms with Gasteiger partial charge in [-0.15, -0.1) is 11.3 Å². The number of carboxylic acid groups (broad SMARTS) is 1. The van der Waals surface area contributed by atoms with E-state index in [1.165, 1.54) is 11.3 Å². The molecule has 25 heavy (non-hydrogen) atoms. The lowest BCUT2D eigenvalue weighted by Gasteiger charge is -2.19. The molecule has 0 atom stereocenters. The minimum Gasteiger partial charge on any atom is -0.478 e. The molecule has 0 bridgehead atoms. The zero-order valence-corrected chi connectivity index (χ0v) is 15.4. The summed E-state index contributed by atoms with van der Waals surface area (Å²) in [5, 5.41) is 14.6. The normalized spacial score (nSPS) is 10.8. The van der Waals surface area contributed by atoms with Crippen molar-refractivity contribution in [2.45, 2.75) is 26.7 Å². The van der Waals surface area contributed by atoms with Gasteiger partial charge in [0.05, 0.1) is 6.54 Å². The number of rotatable bonds is 9. The molecule has 1 heterocycles. The fourth-order valence-electron chi connectivity index (χ4n) is 2.59. The maximum atomic E-state index is 12.3. The number of unbranched alkanes of at least 4 members (excludes halogenated alkanes) is 1. The largest absolute Gasteiger partial charge is 0.478 e. The van der Waals surface area contributed by atoms with Crippen LogP contribution in [0, 0.1) is 0 Å². The Morgan fingerprint density at radius 1 is 1.20 bits per heavy atom. The summed E-state index contributed by atoms with van der Waals surface area (Å²) in [5.74, 6) is -1.21. The average molecular weight is 360 g/mol. The van der Waals surface area contributed by atoms with Crippen LogP contribution in [-0.4, -0.2) is 41.5 Å². The van der Waals surface area contributed by atoms with Gasteiger partial charge in [-0.25, -0.2) is 4.79 Å². The number of hydrogen-bond donors (Lipinski definition) is 2. The van der Waals surface area contributed by atoms with Crippen LogP contribution < -0.4 is 5.32 Å². The van der Waals surface area contributed by atoms with Gasteiger partial charge in [-0.1, -0.05) is 50.6 Å². The van der Waals surface area contributed by atoms with E-state index in [1.54, 1.807) is 5.38 Å². The Kier molecular flexibility index (Phi) is 7.16. The van der Waals surface area contributed by atoms with Crippen LogP contribution in [0.25, 0.3) is 11.1 Å². The van der Waals surface area contributed by atoms with Gasteiger partial charge in [0, 0.05) is 10.9 Å². The van der Waals surface area contributed by atoms with Crippen LogP contribution in [0.5, 0.6) is 0 Å². The van der Waals surface area contributed by atoms with E-state index < -0.39 is 5.97 Å². The third-order valence-corrected chi connectivity index (χ3v) is 4.88. The number of benzene rings is 1. The minimum atomic E-state index is -1.03. The third kappa shape index (κ3) is 5.14. The van der Waals surface area contributed by atoms with Crippen LogP contribution in [-0.2, 0) is 4.79 Å². The minimum absolute atomic E-state index is 0.154. The number of nitrogens with one attached hydrogen (secondary N) is 1. The summed E-state index contributed by atoms with van der Waals surface area (Å²) < 4.78 is 0. The molecule has 2 aromatic rings. The van der Waals surface area contributed by atoms with Crippen molar-refractivity contribution in [3.8, 4) is 11.1 Å². The maximum absolute atomic E-state index is 12.3. The van der Waals surface area contributed by atoms with Gasteiger partial charge in [0.15, 0.2) is 0 Å². The number of carbonyl (C=O) groups is 2. The molecule has 0 fully saturated rings. The van der Waals surface area contributed by atoms with Gasteiger partial charge >= 0.3 is 5.97 Å². The second-order valence-corrected chi connectivity index (χ2v) is 6.67. The highest BCUT2D eigenvalue weighted by atomic mass is 32.1. The molecule has 0 unspecified atom stereocenters. The Bertz CT molecular complexity index is 713. The standard InChI is InChI=1S/C19H24N2O3S/c1-3-5-11-21(4-2)12-16(22)20-18-17(19(23)24)15(13-25-18)14-9-7-6-8-10-14/h6-10,13H,3-5,11-12H2,1-2H3,(H,20,22)(H,23,24). The van der Waals surface area contributed by atoms with Crippen molar-refractivity contribution in [2.75, 3.05) is 25.0 Å². The lowest BCUT2D eigenvalue weighted by molar-refractivity contribution is -0.117. The maximum Gasteiger partial charge on any atom is 0.339 e. The molecule has 0 spiro atoms. The van der Waals surface area contributed by atoms with Crippen molar-refractivity contribution in [3.05, 3.63) is 41.3 Å². The van der Waals surface area contributed by atoms with Crippen molar-refractivity contribution in [3.63, 3.8) is 0 Å². The van der Waals surface area contributed by atoms with Gasteiger partial charge in [0.1, 0.15) is 10.6 Å². The second kappa shape index (κ2) is 9.34. The van der Waals surface area contributed by atoms with Crippen LogP contribution in [0.3, 0.4) is 0 Å². The van der Waals surface area contributed by atoms with Gasteiger partial charge in [0.2, 0.25) is 5.91 Å². The Hall–Kier alpha value is -2.18. The van der Waals surface area contributed by atoms with E-state index in [4.69, 9.17) is 0 Å². The van der Waals surface area contributed by atoms with E-state index in [1.807, 2.05) is 37.3 Å². The summed E-state index contributed by atoms with van der Waals surface area (Å²) >= 11 is 1.25. The number of nitrogens with zero attached hydrogens (tertiary/aromatic N) is 1. The number of likely N-dealkylation sites (N-methyl/N-ethyl adjacent to an activating group) is 1. The first-order valence-corrected chi connectivity index (χ1v) is 9.37. The summed E-state index contributed by atoms with van der Waals surface area (Å²) in [5.41, 5.74) is 1.61. The molecular weight excluding hydrogens is 336 g/mol. The molecule has 0 radical (unpaired) electrons. The Balaban J connectivity index is 2.16. The lowest BCUT2D eigenvalue weighted by Crippen LogP contribution is -2.33. The van der Waals surface area contributed by atoms with Crippen LogP contribution in [0.15, 0.2) is 35.7 Å². The molecule has 5 nitrogen and oxygen atoms in total. The number of amides is 1. The highest BCUT2D eigenvalue weighted by Crippen LogP contribution is 2.35. The predicted octanol–water partition coefficient (Wildman–Crippen LogP) is 4.17. The van der Waals surface area contributed by atoms with Crippen LogP contribution >= 0.6 is 11.3 Å². The van der Waals surface area contributed by atoms with Gasteiger partial charge in [-0.2, -0.15) is 0 Å². The molecule has 0 saturated heterocycles. The number of carbonyl (C=O) groups excluding carboxylic acids is 1. The zero-order valence-electron chi connectivity index (χ0n) is 14.6. The van der Waals surface area contributed by atoms with Crippen LogP contribution in [0.1, 0.15) is 37.0 Å². The third-order valence-electron chi connectivity index (χ3n) is 3.98. The van der Waals surface area contributed by atoms with E-state index in [2.05, 4.69) is 17.1 Å². The lowest BCUT2D eigenvalue weighted by atomic mass is 10.0. The van der Waals surface area contributed by atoms with Gasteiger partial charge in [0.25, 0.3) is 0 Å². The first-order chi connectivity index (χ1) is 12.1. The molecular formula is C19H24N2O3S. The smallest absolute Gasteiger partial charge is 0.339 e. The number of thiophene rings is 1. The Morgan fingerprint density at radius 3 is 2.52 bits per heavy atom. The van der Waals surface area contributed by atoms with E-state index in [-0.39, 0.29) is 18.0 Å². The summed E-state index contributed by atoms with van der Waals surface area (Å²) in [4.78, 5) is 26.1. The first kappa shape index (κ1) is 19.1. The fourth-order valence-corrected chi connectivity index (χ4v) is 3.57. The molecule has 134 valence electrons. The molecule has 0 aliphatic rings. The highest BCUT2D eigenvalue weighted by Gasteiger charge is 2.21. The molecule has 0 aliphatic heterocycles. The molecule has 6 heteroatoms. The van der Waals surface area contributed by atoms with E-state index >= 15 is 0 Å². The summed E-state index contributed by atoms with van der Waals surface area (Å²) in [6.45, 7) is 6.06. The van der Waals surface area contributed by atoms with Gasteiger partial charge in [-0.3, -0.25) is 9.69 Å². The number of hydrogen-bond acceptors (Lipinski definition) is 4. The molecule has 0 saturated carbocycles. The average Bonchev–Trinajstić information content (AvgIpc) is 3.03. The van der Waals surface area contributed by atoms with Crippen LogP contribution in [0.4, 0.5) is 5.00 Å². The van der Waals surface area contributed by atoms with Crippen molar-refractivity contribution in [1.29, 1.82) is 0 Å². The molecule has 0 aliphatic carbocycles. The number of carboxylic acids is 1. The molecule has 2 N–H and O–H groups in total. The van der Waals surface area contributed by atoms with Crippen LogP contribution in [0.2, 0.25) is 0 Å². The first-order valence-electron chi connectivity index (χ1n) is 8.49. The molecule has 1 aromatic carbocycles.